The van der Waals surface area contributed by atoms with Crippen molar-refractivity contribution in [2.75, 3.05) is 47.5 Å². The van der Waals surface area contributed by atoms with Crippen LogP contribution < -0.4 is 0 Å². The van der Waals surface area contributed by atoms with E-state index in [-0.39, 0.29) is 32.0 Å². The Morgan fingerprint density at radius 2 is 0.891 bits per heavy atom. The Morgan fingerprint density at radius 3 is 1.33 bits per heavy atom. The Morgan fingerprint density at radius 1 is 0.500 bits per heavy atom. The van der Waals surface area contributed by atoms with Crippen molar-refractivity contribution in [3.63, 3.8) is 0 Å². The monoisotopic (exact) mass is 919 g/mol. The van der Waals surface area contributed by atoms with Crippen molar-refractivity contribution in [3.8, 4) is 0 Å². The molecule has 64 heavy (non-hydrogen) atoms. The summed E-state index contributed by atoms with van der Waals surface area (Å²) in [5.74, 6) is -0.821. The van der Waals surface area contributed by atoms with Gasteiger partial charge in [0.25, 0.3) is 0 Å². The first kappa shape index (κ1) is 61.5. The molecule has 0 saturated carbocycles. The summed E-state index contributed by atoms with van der Waals surface area (Å²) >= 11 is 0. The van der Waals surface area contributed by atoms with E-state index >= 15 is 0 Å². The topological polar surface area (TPSA) is 108 Å². The van der Waals surface area contributed by atoms with Crippen LogP contribution in [0, 0.1) is 0 Å². The quantitative estimate of drug-likeness (QED) is 0.0211. The van der Waals surface area contributed by atoms with E-state index in [0.717, 1.165) is 89.9 Å². The van der Waals surface area contributed by atoms with E-state index in [1.165, 1.54) is 83.5 Å². The average Bonchev–Trinajstić information content (AvgIpc) is 3.25. The summed E-state index contributed by atoms with van der Waals surface area (Å²) in [4.78, 5) is 35.6. The number of ether oxygens (including phenoxy) is 2. The lowest BCUT2D eigenvalue weighted by Gasteiger charge is -2.24. The van der Waals surface area contributed by atoms with Crippen molar-refractivity contribution in [1.82, 2.24) is 0 Å². The third-order valence-corrected chi connectivity index (χ3v) is 11.7. The lowest BCUT2D eigenvalue weighted by Crippen LogP contribution is -2.37. The van der Waals surface area contributed by atoms with Crippen LogP contribution in [0.15, 0.2) is 72.9 Å². The van der Waals surface area contributed by atoms with Crippen LogP contribution >= 0.6 is 7.82 Å². The molecule has 370 valence electrons. The zero-order valence-electron chi connectivity index (χ0n) is 41.7. The number of phosphoric ester groups is 1. The van der Waals surface area contributed by atoms with E-state index in [2.05, 4.69) is 86.8 Å². The fourth-order valence-electron chi connectivity index (χ4n) is 6.74. The fraction of sp³-hybridized carbons (Fsp3) is 0.741. The number of esters is 2. The summed E-state index contributed by atoms with van der Waals surface area (Å²) in [5.41, 5.74) is 0. The van der Waals surface area contributed by atoms with E-state index in [1.807, 2.05) is 21.1 Å². The van der Waals surface area contributed by atoms with Gasteiger partial charge in [0.1, 0.15) is 19.8 Å². The first-order chi connectivity index (χ1) is 31.0. The normalized spacial score (nSPS) is 14.0. The fourth-order valence-corrected chi connectivity index (χ4v) is 7.48. The maximum Gasteiger partial charge on any atom is 0.472 e. The Balaban J connectivity index is 4.29. The molecular weight excluding hydrogens is 822 g/mol. The van der Waals surface area contributed by atoms with Crippen molar-refractivity contribution >= 4 is 19.8 Å². The van der Waals surface area contributed by atoms with Crippen LogP contribution in [0.5, 0.6) is 0 Å². The Hall–Kier alpha value is -2.55. The van der Waals surface area contributed by atoms with Gasteiger partial charge in [-0.05, 0) is 83.5 Å². The number of hydrogen-bond acceptors (Lipinski definition) is 7. The second kappa shape index (κ2) is 45.6. The maximum absolute atomic E-state index is 12.8. The van der Waals surface area contributed by atoms with Crippen LogP contribution in [-0.4, -0.2) is 74.9 Å². The number of quaternary nitrogens is 1. The Labute approximate surface area is 393 Å². The van der Waals surface area contributed by atoms with E-state index < -0.39 is 26.5 Å². The molecule has 2 unspecified atom stereocenters. The maximum atomic E-state index is 12.8. The third kappa shape index (κ3) is 48.9. The van der Waals surface area contributed by atoms with Gasteiger partial charge in [-0.15, -0.1) is 0 Å². The van der Waals surface area contributed by atoms with Crippen molar-refractivity contribution < 1.29 is 42.1 Å². The molecular formula is C54H97NO8P+. The molecule has 0 aromatic carbocycles. The molecule has 0 bridgehead atoms. The average molecular weight is 919 g/mol. The predicted octanol–water partition coefficient (Wildman–Crippen LogP) is 15.4. The number of likely N-dealkylation sites (N-methyl/N-ethyl adjacent to an activating group) is 1. The summed E-state index contributed by atoms with van der Waals surface area (Å²) in [5, 5.41) is 0. The molecule has 0 spiro atoms. The molecule has 0 rings (SSSR count). The Bertz CT molecular complexity index is 1310. The minimum Gasteiger partial charge on any atom is -0.462 e. The highest BCUT2D eigenvalue weighted by atomic mass is 31.2. The van der Waals surface area contributed by atoms with Crippen LogP contribution in [0.4, 0.5) is 0 Å². The minimum absolute atomic E-state index is 0.0246. The zero-order chi connectivity index (χ0) is 47.1. The molecule has 0 aliphatic rings. The van der Waals surface area contributed by atoms with Gasteiger partial charge in [0.15, 0.2) is 6.10 Å². The van der Waals surface area contributed by atoms with Crippen LogP contribution in [0.1, 0.15) is 206 Å². The molecule has 10 heteroatoms. The number of phosphoric acid groups is 1. The van der Waals surface area contributed by atoms with Gasteiger partial charge in [0.05, 0.1) is 27.7 Å². The zero-order valence-corrected chi connectivity index (χ0v) is 42.6. The van der Waals surface area contributed by atoms with Gasteiger partial charge in [-0.1, -0.05) is 183 Å². The van der Waals surface area contributed by atoms with E-state index in [4.69, 9.17) is 18.5 Å². The van der Waals surface area contributed by atoms with Gasteiger partial charge in [-0.3, -0.25) is 18.6 Å². The summed E-state index contributed by atoms with van der Waals surface area (Å²) in [6.07, 6.45) is 58.0. The third-order valence-electron chi connectivity index (χ3n) is 10.7. The highest BCUT2D eigenvalue weighted by Crippen LogP contribution is 2.43. The SMILES string of the molecule is CC/C=C\C/C=C\C/C=C\C/C=C\CCCCCCCCC(=O)OC(COC(=O)CCCCCCCCCCC/C=C\C/C=C\CCCCCCC)COP(=O)(O)OCC[N+](C)(C)C. The van der Waals surface area contributed by atoms with Crippen molar-refractivity contribution in [3.05, 3.63) is 72.9 Å². The number of unbranched alkanes of at least 4 members (excludes halogenated alkanes) is 20. The summed E-state index contributed by atoms with van der Waals surface area (Å²) < 4.78 is 34.4. The van der Waals surface area contributed by atoms with Crippen LogP contribution in [-0.2, 0) is 32.7 Å². The molecule has 0 aromatic rings. The van der Waals surface area contributed by atoms with Crippen LogP contribution in [0.3, 0.4) is 0 Å². The van der Waals surface area contributed by atoms with E-state index in [1.54, 1.807) is 0 Å². The Kier molecular flexibility index (Phi) is 43.8. The summed E-state index contributed by atoms with van der Waals surface area (Å²) in [6, 6.07) is 0. The van der Waals surface area contributed by atoms with Gasteiger partial charge in [0, 0.05) is 12.8 Å². The van der Waals surface area contributed by atoms with Gasteiger partial charge >= 0.3 is 19.8 Å². The lowest BCUT2D eigenvalue weighted by molar-refractivity contribution is -0.870. The van der Waals surface area contributed by atoms with Gasteiger partial charge in [0.2, 0.25) is 0 Å². The van der Waals surface area contributed by atoms with Crippen molar-refractivity contribution in [2.45, 2.75) is 213 Å². The number of hydrogen-bond donors (Lipinski definition) is 1. The number of carbonyl (C=O) groups is 2. The molecule has 9 nitrogen and oxygen atoms in total. The molecule has 0 aromatic heterocycles. The second-order valence-corrected chi connectivity index (χ2v) is 19.6. The first-order valence-electron chi connectivity index (χ1n) is 25.7. The highest BCUT2D eigenvalue weighted by Gasteiger charge is 2.27. The number of rotatable bonds is 46. The highest BCUT2D eigenvalue weighted by molar-refractivity contribution is 7.47. The molecule has 0 saturated heterocycles. The smallest absolute Gasteiger partial charge is 0.462 e. The molecule has 0 radical (unpaired) electrons. The summed E-state index contributed by atoms with van der Waals surface area (Å²) in [7, 11) is 1.46. The van der Waals surface area contributed by atoms with Crippen LogP contribution in [0.25, 0.3) is 0 Å². The van der Waals surface area contributed by atoms with Crippen molar-refractivity contribution in [1.29, 1.82) is 0 Å². The molecule has 0 fully saturated rings. The molecule has 0 aliphatic carbocycles. The second-order valence-electron chi connectivity index (χ2n) is 18.2. The largest absolute Gasteiger partial charge is 0.472 e. The van der Waals surface area contributed by atoms with Gasteiger partial charge in [-0.25, -0.2) is 4.57 Å². The van der Waals surface area contributed by atoms with Crippen LogP contribution in [0.2, 0.25) is 0 Å². The number of carbonyl (C=O) groups excluding carboxylic acids is 2. The van der Waals surface area contributed by atoms with Gasteiger partial charge < -0.3 is 18.9 Å². The van der Waals surface area contributed by atoms with E-state index in [0.29, 0.717) is 17.4 Å². The van der Waals surface area contributed by atoms with Crippen molar-refractivity contribution in [2.24, 2.45) is 0 Å². The first-order valence-corrected chi connectivity index (χ1v) is 27.2. The summed E-state index contributed by atoms with van der Waals surface area (Å²) in [6.45, 7) is 4.28. The lowest BCUT2D eigenvalue weighted by atomic mass is 10.1. The minimum atomic E-state index is -4.39. The van der Waals surface area contributed by atoms with Gasteiger partial charge in [-0.2, -0.15) is 0 Å². The molecule has 0 heterocycles. The molecule has 0 aliphatic heterocycles. The number of allylic oxidation sites excluding steroid dienone is 12. The standard InChI is InChI=1S/C54H96NO8P/c1-6-8-10-12-14-16-18-20-22-24-26-27-29-30-32-34-36-38-40-42-44-46-53(56)60-50-52(51-62-64(58,59)61-49-48-55(3,4)5)63-54(57)47-45-43-41-39-37-35-33-31-28-25-23-21-19-17-15-13-11-9-7-2/h9,11,15,17-18,20-21,23-24,26,28,31,52H,6-8,10,12-14,16,19,22,25,27,29-30,32-51H2,1-5H3/p+1/b11-9-,17-15-,20-18-,23-21-,26-24-,31-28-. The predicted molar refractivity (Wildman–Crippen MR) is 270 cm³/mol. The molecule has 0 amide bonds. The van der Waals surface area contributed by atoms with E-state index in [9.17, 15) is 19.0 Å². The molecule has 2 atom stereocenters. The number of nitrogens with zero attached hydrogens (tertiary/aromatic N) is 1. The molecule has 1 N–H and O–H groups in total.